The van der Waals surface area contributed by atoms with Gasteiger partial charge in [0.05, 0.1) is 17.5 Å². The van der Waals surface area contributed by atoms with Crippen LogP contribution in [0.3, 0.4) is 0 Å². The van der Waals surface area contributed by atoms with Crippen LogP contribution in [0, 0.1) is 18.2 Å². The largest absolute Gasteiger partial charge is 0.391 e. The van der Waals surface area contributed by atoms with Gasteiger partial charge in [-0.25, -0.2) is 14.1 Å². The molecule has 3 atom stereocenters. The first-order valence-corrected chi connectivity index (χ1v) is 13.0. The van der Waals surface area contributed by atoms with E-state index in [0.717, 1.165) is 18.5 Å². The van der Waals surface area contributed by atoms with Crippen molar-refractivity contribution in [3.8, 4) is 5.69 Å². The Hall–Kier alpha value is -3.60. The minimum absolute atomic E-state index is 0.0568. The number of aliphatic hydroxyl groups excluding tert-OH is 1. The SMILES string of the molecule is Cc1nccn1-c1ccc(CNC(=O)C2CC(O)CN2C(=O)[C@@H](n2cc(C3CC3)nn2)C(C)(C)C)cc1F. The number of likely N-dealkylation sites (tertiary alicyclic amines) is 1. The Labute approximate surface area is 220 Å². The van der Waals surface area contributed by atoms with Crippen molar-refractivity contribution in [2.24, 2.45) is 5.41 Å². The Balaban J connectivity index is 1.29. The van der Waals surface area contributed by atoms with Gasteiger partial charge in [-0.15, -0.1) is 5.10 Å². The molecule has 1 aliphatic carbocycles. The van der Waals surface area contributed by atoms with Crippen LogP contribution < -0.4 is 5.32 Å². The summed E-state index contributed by atoms with van der Waals surface area (Å²) in [4.78, 5) is 32.6. The lowest BCUT2D eigenvalue weighted by Gasteiger charge is -2.34. The average molecular weight is 524 g/mol. The van der Waals surface area contributed by atoms with Crippen molar-refractivity contribution in [3.05, 3.63) is 59.7 Å². The monoisotopic (exact) mass is 523 g/mol. The standard InChI is InChI=1S/C27H34FN7O3/c1-16-29-9-10-33(16)22-8-5-17(11-20(22)28)13-30-25(37)23-12-19(36)14-34(23)26(38)24(27(2,3)4)35-15-21(31-32-35)18-6-7-18/h5,8-11,15,18-19,23-24,36H,6-7,12-14H2,1-4H3,(H,30,37)/t19?,23?,24-/m1/s1. The number of imidazole rings is 1. The van der Waals surface area contributed by atoms with E-state index in [1.807, 2.05) is 27.0 Å². The molecule has 11 heteroatoms. The number of benzene rings is 1. The molecule has 1 saturated heterocycles. The number of carbonyl (C=O) groups excluding carboxylic acids is 2. The van der Waals surface area contributed by atoms with E-state index >= 15 is 0 Å². The van der Waals surface area contributed by atoms with Gasteiger partial charge in [-0.3, -0.25) is 9.59 Å². The van der Waals surface area contributed by atoms with Crippen molar-refractivity contribution in [1.29, 1.82) is 0 Å². The lowest BCUT2D eigenvalue weighted by Crippen LogP contribution is -2.50. The van der Waals surface area contributed by atoms with E-state index < -0.39 is 35.3 Å². The molecule has 2 fully saturated rings. The third kappa shape index (κ3) is 5.20. The zero-order chi connectivity index (χ0) is 27.2. The van der Waals surface area contributed by atoms with Gasteiger partial charge in [0.25, 0.3) is 0 Å². The zero-order valence-electron chi connectivity index (χ0n) is 22.1. The van der Waals surface area contributed by atoms with Crippen molar-refractivity contribution in [3.63, 3.8) is 0 Å². The molecule has 1 aliphatic heterocycles. The van der Waals surface area contributed by atoms with Gasteiger partial charge < -0.3 is 19.9 Å². The average Bonchev–Trinajstić information content (AvgIpc) is 3.23. The summed E-state index contributed by atoms with van der Waals surface area (Å²) in [5.41, 5.74) is 1.32. The van der Waals surface area contributed by atoms with E-state index in [1.54, 1.807) is 40.7 Å². The molecule has 202 valence electrons. The van der Waals surface area contributed by atoms with E-state index in [4.69, 9.17) is 0 Å². The van der Waals surface area contributed by atoms with Crippen molar-refractivity contribution in [2.75, 3.05) is 6.54 Å². The van der Waals surface area contributed by atoms with Gasteiger partial charge in [0.1, 0.15) is 23.7 Å². The fourth-order valence-corrected chi connectivity index (χ4v) is 5.12. The summed E-state index contributed by atoms with van der Waals surface area (Å²) in [5, 5.41) is 21.7. The van der Waals surface area contributed by atoms with Crippen LogP contribution in [0.5, 0.6) is 0 Å². The van der Waals surface area contributed by atoms with Crippen LogP contribution in [0.2, 0.25) is 0 Å². The number of carbonyl (C=O) groups is 2. The summed E-state index contributed by atoms with van der Waals surface area (Å²) in [5.74, 6) is -0.0492. The fraction of sp³-hybridized carbons (Fsp3) is 0.519. The second-order valence-electron chi connectivity index (χ2n) is 11.4. The maximum Gasteiger partial charge on any atom is 0.248 e. The van der Waals surface area contributed by atoms with Gasteiger partial charge in [0.2, 0.25) is 11.8 Å². The second-order valence-corrected chi connectivity index (χ2v) is 11.4. The fourth-order valence-electron chi connectivity index (χ4n) is 5.12. The summed E-state index contributed by atoms with van der Waals surface area (Å²) >= 11 is 0. The molecule has 0 spiro atoms. The van der Waals surface area contributed by atoms with Crippen molar-refractivity contribution < 1.29 is 19.1 Å². The second kappa shape index (κ2) is 9.94. The van der Waals surface area contributed by atoms with Crippen LogP contribution in [0.15, 0.2) is 36.8 Å². The Morgan fingerprint density at radius 3 is 2.66 bits per heavy atom. The number of nitrogens with zero attached hydrogens (tertiary/aromatic N) is 6. The van der Waals surface area contributed by atoms with Crippen molar-refractivity contribution >= 4 is 11.8 Å². The number of aromatic nitrogens is 5. The van der Waals surface area contributed by atoms with E-state index in [-0.39, 0.29) is 25.4 Å². The van der Waals surface area contributed by atoms with Gasteiger partial charge in [0, 0.05) is 44.0 Å². The number of aliphatic hydroxyl groups is 1. The summed E-state index contributed by atoms with van der Waals surface area (Å²) in [6, 6.07) is 3.23. The molecular weight excluding hydrogens is 489 g/mol. The predicted octanol–water partition coefficient (Wildman–Crippen LogP) is 2.65. The van der Waals surface area contributed by atoms with Crippen LogP contribution in [0.4, 0.5) is 4.39 Å². The summed E-state index contributed by atoms with van der Waals surface area (Å²) in [6.45, 7) is 7.76. The molecule has 2 N–H and O–H groups in total. The van der Waals surface area contributed by atoms with E-state index in [2.05, 4.69) is 20.6 Å². The lowest BCUT2D eigenvalue weighted by atomic mass is 9.85. The molecule has 3 aromatic rings. The highest BCUT2D eigenvalue weighted by Crippen LogP contribution is 2.40. The number of hydrogen-bond acceptors (Lipinski definition) is 6. The molecule has 3 heterocycles. The number of β-amino-alcohol motifs (C(OH)–C–C–N with tert-alkyl or cyclic N) is 1. The summed E-state index contributed by atoms with van der Waals surface area (Å²) in [7, 11) is 0. The van der Waals surface area contributed by atoms with Crippen LogP contribution in [-0.4, -0.2) is 65.1 Å². The lowest BCUT2D eigenvalue weighted by molar-refractivity contribution is -0.144. The molecule has 5 rings (SSSR count). The highest BCUT2D eigenvalue weighted by atomic mass is 19.1. The highest BCUT2D eigenvalue weighted by Gasteiger charge is 2.45. The third-order valence-electron chi connectivity index (χ3n) is 7.27. The number of rotatable bonds is 7. The topological polar surface area (TPSA) is 118 Å². The summed E-state index contributed by atoms with van der Waals surface area (Å²) < 4.78 is 18.0. The minimum atomic E-state index is -0.841. The number of nitrogens with one attached hydrogen (secondary N) is 1. The molecule has 2 amide bonds. The molecule has 2 unspecified atom stereocenters. The van der Waals surface area contributed by atoms with E-state index in [1.165, 1.54) is 11.0 Å². The molecule has 1 aromatic carbocycles. The van der Waals surface area contributed by atoms with Gasteiger partial charge in [-0.2, -0.15) is 0 Å². The smallest absolute Gasteiger partial charge is 0.248 e. The number of aryl methyl sites for hydroxylation is 1. The van der Waals surface area contributed by atoms with Crippen molar-refractivity contribution in [1.82, 2.24) is 34.8 Å². The Kier molecular flexibility index (Phi) is 6.81. The number of halogens is 1. The first kappa shape index (κ1) is 26.0. The maximum atomic E-state index is 14.8. The molecule has 10 nitrogen and oxygen atoms in total. The molecule has 2 aromatic heterocycles. The van der Waals surface area contributed by atoms with Gasteiger partial charge in [-0.1, -0.05) is 32.1 Å². The number of hydrogen-bond donors (Lipinski definition) is 2. The number of amides is 2. The molecule has 1 saturated carbocycles. The zero-order valence-corrected chi connectivity index (χ0v) is 22.1. The third-order valence-corrected chi connectivity index (χ3v) is 7.27. The van der Waals surface area contributed by atoms with Crippen LogP contribution >= 0.6 is 0 Å². The quantitative estimate of drug-likeness (QED) is 0.492. The Morgan fingerprint density at radius 1 is 1.26 bits per heavy atom. The predicted molar refractivity (Wildman–Crippen MR) is 137 cm³/mol. The van der Waals surface area contributed by atoms with E-state index in [0.29, 0.717) is 23.0 Å². The van der Waals surface area contributed by atoms with Crippen LogP contribution in [0.25, 0.3) is 5.69 Å². The van der Waals surface area contributed by atoms with Gasteiger partial charge in [-0.05, 0) is 42.9 Å². The van der Waals surface area contributed by atoms with Crippen LogP contribution in [0.1, 0.15) is 69.1 Å². The molecule has 2 aliphatic rings. The minimum Gasteiger partial charge on any atom is -0.391 e. The first-order chi connectivity index (χ1) is 18.0. The molecule has 0 radical (unpaired) electrons. The van der Waals surface area contributed by atoms with Gasteiger partial charge >= 0.3 is 0 Å². The van der Waals surface area contributed by atoms with Crippen molar-refractivity contribution in [2.45, 2.75) is 77.6 Å². The van der Waals surface area contributed by atoms with Crippen LogP contribution in [-0.2, 0) is 16.1 Å². The Morgan fingerprint density at radius 2 is 2.03 bits per heavy atom. The molecule has 38 heavy (non-hydrogen) atoms. The Bertz CT molecular complexity index is 1340. The van der Waals surface area contributed by atoms with E-state index in [9.17, 15) is 19.1 Å². The normalized spacial score (nSPS) is 20.5. The first-order valence-electron chi connectivity index (χ1n) is 13.0. The summed E-state index contributed by atoms with van der Waals surface area (Å²) in [6.07, 6.45) is 6.58. The van der Waals surface area contributed by atoms with Gasteiger partial charge in [0.15, 0.2) is 0 Å². The highest BCUT2D eigenvalue weighted by molar-refractivity contribution is 5.90. The molecule has 0 bridgehead atoms. The maximum absolute atomic E-state index is 14.8. The molecular formula is C27H34FN7O3.